The Bertz CT molecular complexity index is 615. The lowest BCUT2D eigenvalue weighted by Gasteiger charge is -2.28. The molecule has 3 aliphatic rings. The van der Waals surface area contributed by atoms with Gasteiger partial charge in [-0.15, -0.1) is 0 Å². The van der Waals surface area contributed by atoms with Crippen LogP contribution in [0.4, 0.5) is 5.69 Å². The molecule has 3 nitrogen and oxygen atoms in total. The molecule has 0 aromatic heterocycles. The van der Waals surface area contributed by atoms with Crippen LogP contribution in [0.1, 0.15) is 12.0 Å². The monoisotopic (exact) mass is 411 g/mol. The van der Waals surface area contributed by atoms with E-state index in [0.717, 1.165) is 17.7 Å². The number of anilines is 1. The van der Waals surface area contributed by atoms with E-state index < -0.39 is 0 Å². The van der Waals surface area contributed by atoms with Crippen molar-refractivity contribution < 1.29 is 9.59 Å². The molecule has 2 saturated carbocycles. The SMILES string of the molecule is Cc1ccccc1N1C(=O)[C@H]2[C@@H]3C[C@@H]([C@H](Br)[C@@H]3Br)[C@@H]2C1=O. The Morgan fingerprint density at radius 2 is 1.52 bits per heavy atom. The molecular weight excluding hydrogens is 398 g/mol. The van der Waals surface area contributed by atoms with E-state index in [1.54, 1.807) is 0 Å². The minimum atomic E-state index is -0.139. The highest BCUT2D eigenvalue weighted by molar-refractivity contribution is 9.12. The van der Waals surface area contributed by atoms with Gasteiger partial charge < -0.3 is 0 Å². The molecule has 3 fully saturated rings. The van der Waals surface area contributed by atoms with E-state index in [1.165, 1.54) is 4.90 Å². The summed E-state index contributed by atoms with van der Waals surface area (Å²) in [5, 5.41) is 0. The first-order valence-electron chi connectivity index (χ1n) is 7.24. The number of benzene rings is 1. The summed E-state index contributed by atoms with van der Waals surface area (Å²) in [5.74, 6) is 0.261. The van der Waals surface area contributed by atoms with Crippen LogP contribution in [0.25, 0.3) is 0 Å². The lowest BCUT2D eigenvalue weighted by atomic mass is 9.81. The van der Waals surface area contributed by atoms with Crippen LogP contribution in [-0.2, 0) is 9.59 Å². The number of fused-ring (bicyclic) bond motifs is 5. The summed E-state index contributed by atoms with van der Waals surface area (Å²) in [4.78, 5) is 27.7. The summed E-state index contributed by atoms with van der Waals surface area (Å²) >= 11 is 7.41. The fourth-order valence-corrected chi connectivity index (χ4v) is 6.27. The number of halogens is 2. The number of para-hydroxylation sites is 1. The molecule has 1 aromatic rings. The number of carbonyl (C=O) groups excluding carboxylic acids is 2. The number of carbonyl (C=O) groups is 2. The smallest absolute Gasteiger partial charge is 0.238 e. The number of hydrogen-bond donors (Lipinski definition) is 0. The van der Waals surface area contributed by atoms with Crippen LogP contribution in [0.5, 0.6) is 0 Å². The molecule has 1 heterocycles. The quantitative estimate of drug-likeness (QED) is 0.524. The van der Waals surface area contributed by atoms with Crippen molar-refractivity contribution in [2.45, 2.75) is 23.0 Å². The van der Waals surface area contributed by atoms with E-state index in [4.69, 9.17) is 0 Å². The van der Waals surface area contributed by atoms with Crippen molar-refractivity contribution in [3.8, 4) is 0 Å². The Kier molecular flexibility index (Phi) is 3.09. The third kappa shape index (κ3) is 1.70. The minimum Gasteiger partial charge on any atom is -0.274 e. The number of hydrogen-bond acceptors (Lipinski definition) is 2. The highest BCUT2D eigenvalue weighted by Crippen LogP contribution is 2.60. The highest BCUT2D eigenvalue weighted by atomic mass is 79.9. The molecule has 0 spiro atoms. The second kappa shape index (κ2) is 4.66. The molecule has 2 aliphatic carbocycles. The second-order valence-corrected chi connectivity index (χ2v) is 8.42. The molecular formula is C16H15Br2NO2. The van der Waals surface area contributed by atoms with Crippen LogP contribution in [0, 0.1) is 30.6 Å². The van der Waals surface area contributed by atoms with E-state index in [2.05, 4.69) is 31.9 Å². The largest absolute Gasteiger partial charge is 0.274 e. The maximum atomic E-state index is 12.9. The summed E-state index contributed by atoms with van der Waals surface area (Å²) in [6.45, 7) is 1.94. The molecule has 21 heavy (non-hydrogen) atoms. The van der Waals surface area contributed by atoms with Gasteiger partial charge in [0.25, 0.3) is 0 Å². The van der Waals surface area contributed by atoms with E-state index in [1.807, 2.05) is 31.2 Å². The van der Waals surface area contributed by atoms with Gasteiger partial charge in [0.15, 0.2) is 0 Å². The van der Waals surface area contributed by atoms with Gasteiger partial charge in [-0.25, -0.2) is 4.90 Å². The number of rotatable bonds is 1. The fourth-order valence-electron chi connectivity index (χ4n) is 4.40. The van der Waals surface area contributed by atoms with Crippen molar-refractivity contribution in [2.75, 3.05) is 4.90 Å². The molecule has 2 bridgehead atoms. The summed E-state index contributed by atoms with van der Waals surface area (Å²) in [5.41, 5.74) is 1.72. The summed E-state index contributed by atoms with van der Waals surface area (Å²) in [7, 11) is 0. The second-order valence-electron chi connectivity index (χ2n) is 6.30. The summed E-state index contributed by atoms with van der Waals surface area (Å²) < 4.78 is 0. The van der Waals surface area contributed by atoms with Gasteiger partial charge in [-0.3, -0.25) is 9.59 Å². The lowest BCUT2D eigenvalue weighted by Crippen LogP contribution is -2.37. The topological polar surface area (TPSA) is 37.4 Å². The van der Waals surface area contributed by atoms with Crippen molar-refractivity contribution in [2.24, 2.45) is 23.7 Å². The van der Waals surface area contributed by atoms with E-state index in [9.17, 15) is 9.59 Å². The van der Waals surface area contributed by atoms with Crippen LogP contribution in [0.3, 0.4) is 0 Å². The van der Waals surface area contributed by atoms with Crippen LogP contribution in [0.2, 0.25) is 0 Å². The Morgan fingerprint density at radius 3 is 2.05 bits per heavy atom. The number of alkyl halides is 2. The Hall–Kier alpha value is -0.680. The van der Waals surface area contributed by atoms with Gasteiger partial charge in [0.05, 0.1) is 17.5 Å². The van der Waals surface area contributed by atoms with Gasteiger partial charge >= 0.3 is 0 Å². The van der Waals surface area contributed by atoms with Crippen molar-refractivity contribution in [3.63, 3.8) is 0 Å². The zero-order valence-corrected chi connectivity index (χ0v) is 14.7. The molecule has 110 valence electrons. The molecule has 6 atom stereocenters. The molecule has 0 radical (unpaired) electrons. The van der Waals surface area contributed by atoms with E-state index in [-0.39, 0.29) is 45.1 Å². The van der Waals surface area contributed by atoms with Gasteiger partial charge in [0.1, 0.15) is 0 Å². The molecule has 5 heteroatoms. The first kappa shape index (κ1) is 13.9. The Morgan fingerprint density at radius 1 is 1.00 bits per heavy atom. The predicted octanol–water partition coefficient (Wildman–Crippen LogP) is 3.28. The average molecular weight is 413 g/mol. The van der Waals surface area contributed by atoms with Crippen molar-refractivity contribution >= 4 is 49.4 Å². The molecule has 2 amide bonds. The molecule has 4 rings (SSSR count). The minimum absolute atomic E-state index is 0.00403. The van der Waals surface area contributed by atoms with Crippen LogP contribution >= 0.6 is 31.9 Å². The Balaban J connectivity index is 1.77. The van der Waals surface area contributed by atoms with Gasteiger partial charge in [-0.2, -0.15) is 0 Å². The average Bonchev–Trinajstić information content (AvgIpc) is 3.06. The first-order chi connectivity index (χ1) is 10.0. The third-order valence-corrected chi connectivity index (χ3v) is 8.55. The highest BCUT2D eigenvalue weighted by Gasteiger charge is 2.66. The van der Waals surface area contributed by atoms with E-state index >= 15 is 0 Å². The van der Waals surface area contributed by atoms with Crippen molar-refractivity contribution in [1.82, 2.24) is 0 Å². The van der Waals surface area contributed by atoms with Gasteiger partial charge in [-0.05, 0) is 36.8 Å². The maximum Gasteiger partial charge on any atom is 0.238 e. The standard InChI is InChI=1S/C16H15Br2NO2/c1-7-4-2-3-5-10(7)19-15(20)11-8-6-9(12(11)16(19)21)14(18)13(8)17/h2-5,8-9,11-14H,6H2,1H3/t8-,9+,11-,12-,13+,14-/m0/s1. The van der Waals surface area contributed by atoms with Gasteiger partial charge in [0.2, 0.25) is 11.8 Å². The number of amides is 2. The maximum absolute atomic E-state index is 12.9. The van der Waals surface area contributed by atoms with Crippen LogP contribution in [-0.4, -0.2) is 21.5 Å². The van der Waals surface area contributed by atoms with E-state index in [0.29, 0.717) is 0 Å². The number of aryl methyl sites for hydroxylation is 1. The molecule has 1 aliphatic heterocycles. The predicted molar refractivity (Wildman–Crippen MR) is 87.7 cm³/mol. The normalized spacial score (nSPS) is 41.0. The summed E-state index contributed by atoms with van der Waals surface area (Å²) in [6.07, 6.45) is 0.972. The molecule has 1 aromatic carbocycles. The summed E-state index contributed by atoms with van der Waals surface area (Å²) in [6, 6.07) is 7.62. The zero-order chi connectivity index (χ0) is 14.9. The lowest BCUT2D eigenvalue weighted by molar-refractivity contribution is -0.123. The first-order valence-corrected chi connectivity index (χ1v) is 9.07. The molecule has 1 saturated heterocycles. The number of nitrogens with zero attached hydrogens (tertiary/aromatic N) is 1. The van der Waals surface area contributed by atoms with Crippen molar-refractivity contribution in [1.29, 1.82) is 0 Å². The molecule has 0 N–H and O–H groups in total. The molecule has 0 unspecified atom stereocenters. The zero-order valence-electron chi connectivity index (χ0n) is 11.5. The van der Waals surface area contributed by atoms with Crippen molar-refractivity contribution in [3.05, 3.63) is 29.8 Å². The van der Waals surface area contributed by atoms with Crippen LogP contribution < -0.4 is 4.90 Å². The number of imide groups is 1. The fraction of sp³-hybridized carbons (Fsp3) is 0.500. The third-order valence-electron chi connectivity index (χ3n) is 5.34. The van der Waals surface area contributed by atoms with Gasteiger partial charge in [0, 0.05) is 9.65 Å². The van der Waals surface area contributed by atoms with Crippen LogP contribution in [0.15, 0.2) is 24.3 Å². The van der Waals surface area contributed by atoms with Gasteiger partial charge in [-0.1, -0.05) is 50.1 Å². The Labute approximate surface area is 140 Å².